The van der Waals surface area contributed by atoms with Crippen LogP contribution >= 0.6 is 12.6 Å². The second-order valence-corrected chi connectivity index (χ2v) is 4.34. The lowest BCUT2D eigenvalue weighted by atomic mass is 10.2. The third-order valence-electron chi connectivity index (χ3n) is 2.64. The number of hydrogen-bond acceptors (Lipinski definition) is 6. The number of thiol groups is 1. The maximum atomic E-state index is 11.5. The van der Waals surface area contributed by atoms with E-state index in [0.717, 1.165) is 4.57 Å². The molecule has 1 aromatic rings. The van der Waals surface area contributed by atoms with Gasteiger partial charge in [0.2, 0.25) is 0 Å². The Morgan fingerprint density at radius 1 is 1.53 bits per heavy atom. The van der Waals surface area contributed by atoms with E-state index in [2.05, 4.69) is 17.6 Å². The molecular weight excluding hydrogens is 248 g/mol. The number of rotatable bonds is 2. The summed E-state index contributed by atoms with van der Waals surface area (Å²) in [7, 11) is 0. The zero-order valence-corrected chi connectivity index (χ0v) is 9.58. The molecule has 1 aromatic heterocycles. The van der Waals surface area contributed by atoms with Crippen molar-refractivity contribution in [3.05, 3.63) is 33.1 Å². The second kappa shape index (κ2) is 4.65. The quantitative estimate of drug-likeness (QED) is 0.464. The molecule has 2 rings (SSSR count). The molecule has 2 heterocycles. The highest BCUT2D eigenvalue weighted by atomic mass is 32.1. The summed E-state index contributed by atoms with van der Waals surface area (Å²) in [5, 5.41) is 18.0. The van der Waals surface area contributed by atoms with Gasteiger partial charge in [-0.1, -0.05) is 0 Å². The van der Waals surface area contributed by atoms with E-state index in [1.165, 1.54) is 12.3 Å². The minimum atomic E-state index is -0.979. The first-order valence-electron chi connectivity index (χ1n) is 4.98. The van der Waals surface area contributed by atoms with Crippen molar-refractivity contribution in [2.24, 2.45) is 0 Å². The number of aliphatic hydroxyl groups excluding tert-OH is 2. The van der Waals surface area contributed by atoms with E-state index in [9.17, 15) is 14.7 Å². The Bertz CT molecular complexity index is 513. The molecule has 0 amide bonds. The first-order chi connectivity index (χ1) is 8.04. The van der Waals surface area contributed by atoms with Crippen molar-refractivity contribution in [3.63, 3.8) is 0 Å². The fourth-order valence-electron chi connectivity index (χ4n) is 1.74. The zero-order chi connectivity index (χ0) is 12.6. The highest BCUT2D eigenvalue weighted by Crippen LogP contribution is 2.31. The van der Waals surface area contributed by atoms with Gasteiger partial charge in [-0.3, -0.25) is 14.3 Å². The van der Waals surface area contributed by atoms with E-state index < -0.39 is 34.9 Å². The Morgan fingerprint density at radius 3 is 2.76 bits per heavy atom. The van der Waals surface area contributed by atoms with Crippen LogP contribution in [-0.4, -0.2) is 43.8 Å². The van der Waals surface area contributed by atoms with Crippen LogP contribution in [0.25, 0.3) is 0 Å². The van der Waals surface area contributed by atoms with Gasteiger partial charge in [0.25, 0.3) is 5.56 Å². The first kappa shape index (κ1) is 12.4. The molecule has 7 nitrogen and oxygen atoms in total. The third kappa shape index (κ3) is 2.16. The predicted molar refractivity (Wildman–Crippen MR) is 61.1 cm³/mol. The van der Waals surface area contributed by atoms with E-state index in [4.69, 9.17) is 9.84 Å². The number of ether oxygens (including phenoxy) is 1. The van der Waals surface area contributed by atoms with Crippen molar-refractivity contribution in [1.29, 1.82) is 0 Å². The minimum absolute atomic E-state index is 0.368. The van der Waals surface area contributed by atoms with Crippen molar-refractivity contribution in [2.45, 2.75) is 23.7 Å². The van der Waals surface area contributed by atoms with E-state index in [1.54, 1.807) is 0 Å². The molecule has 1 fully saturated rings. The highest BCUT2D eigenvalue weighted by Gasteiger charge is 2.42. The van der Waals surface area contributed by atoms with Crippen LogP contribution in [0.1, 0.15) is 6.23 Å². The molecule has 3 N–H and O–H groups in total. The topological polar surface area (TPSA) is 105 Å². The molecule has 1 saturated heterocycles. The van der Waals surface area contributed by atoms with Gasteiger partial charge in [-0.25, -0.2) is 4.79 Å². The van der Waals surface area contributed by atoms with Crippen molar-refractivity contribution in [1.82, 2.24) is 9.55 Å². The van der Waals surface area contributed by atoms with E-state index in [1.807, 2.05) is 0 Å². The van der Waals surface area contributed by atoms with Crippen molar-refractivity contribution >= 4 is 12.6 Å². The third-order valence-corrected chi connectivity index (χ3v) is 3.20. The summed E-state index contributed by atoms with van der Waals surface area (Å²) in [5.74, 6) is 0. The Kier molecular flexibility index (Phi) is 3.38. The monoisotopic (exact) mass is 260 g/mol. The number of aliphatic hydroxyl groups is 2. The Morgan fingerprint density at radius 2 is 2.24 bits per heavy atom. The number of H-pyrrole nitrogens is 1. The summed E-state index contributed by atoms with van der Waals surface area (Å²) in [6.45, 7) is -0.368. The molecule has 1 aliphatic rings. The summed E-state index contributed by atoms with van der Waals surface area (Å²) in [6.07, 6.45) is -1.33. The van der Waals surface area contributed by atoms with Crippen LogP contribution in [0.15, 0.2) is 21.9 Å². The molecule has 4 atom stereocenters. The van der Waals surface area contributed by atoms with E-state index in [0.29, 0.717) is 0 Å². The fourth-order valence-corrected chi connectivity index (χ4v) is 2.14. The standard InChI is InChI=1S/C9H12N2O5S/c12-3-4-6(14)7(17)8(16-4)11-2-1-5(13)10-9(11)15/h1-2,4,6-8,12,14,17H,3H2,(H,10,13,15)/t4-,6-,7?,8-/m1/s1. The average molecular weight is 260 g/mol. The van der Waals surface area contributed by atoms with Gasteiger partial charge in [-0.15, -0.1) is 0 Å². The van der Waals surface area contributed by atoms with Gasteiger partial charge in [0, 0.05) is 12.3 Å². The molecule has 0 saturated carbocycles. The molecule has 0 aliphatic carbocycles. The Balaban J connectivity index is 2.35. The molecular formula is C9H12N2O5S. The van der Waals surface area contributed by atoms with Crippen LogP contribution in [0.4, 0.5) is 0 Å². The fraction of sp³-hybridized carbons (Fsp3) is 0.556. The molecule has 0 bridgehead atoms. The summed E-state index contributed by atoms with van der Waals surface area (Å²) >= 11 is 4.14. The van der Waals surface area contributed by atoms with Gasteiger partial charge in [-0.05, 0) is 0 Å². The Hall–Kier alpha value is -1.09. The van der Waals surface area contributed by atoms with Gasteiger partial charge in [-0.2, -0.15) is 12.6 Å². The van der Waals surface area contributed by atoms with Gasteiger partial charge >= 0.3 is 5.69 Å². The smallest absolute Gasteiger partial charge is 0.330 e. The maximum absolute atomic E-state index is 11.5. The molecule has 94 valence electrons. The van der Waals surface area contributed by atoms with E-state index in [-0.39, 0.29) is 6.61 Å². The number of hydrogen-bond donors (Lipinski definition) is 4. The van der Waals surface area contributed by atoms with Gasteiger partial charge in [0.05, 0.1) is 18.0 Å². The summed E-state index contributed by atoms with van der Waals surface area (Å²) in [4.78, 5) is 24.5. The lowest BCUT2D eigenvalue weighted by molar-refractivity contribution is -0.0457. The van der Waals surface area contributed by atoms with Crippen LogP contribution < -0.4 is 11.2 Å². The lowest BCUT2D eigenvalue weighted by Crippen LogP contribution is -2.35. The maximum Gasteiger partial charge on any atom is 0.330 e. The summed E-state index contributed by atoms with van der Waals surface area (Å²) in [5.41, 5.74) is -1.16. The summed E-state index contributed by atoms with van der Waals surface area (Å²) in [6, 6.07) is 1.17. The molecule has 0 spiro atoms. The normalized spacial score (nSPS) is 32.9. The number of nitrogens with zero attached hydrogens (tertiary/aromatic N) is 1. The number of nitrogens with one attached hydrogen (secondary N) is 1. The molecule has 8 heteroatoms. The lowest BCUT2D eigenvalue weighted by Gasteiger charge is -2.16. The van der Waals surface area contributed by atoms with Gasteiger partial charge in [0.15, 0.2) is 6.23 Å². The van der Waals surface area contributed by atoms with E-state index >= 15 is 0 Å². The average Bonchev–Trinajstić information content (AvgIpc) is 2.57. The zero-order valence-electron chi connectivity index (χ0n) is 8.68. The molecule has 1 aliphatic heterocycles. The highest BCUT2D eigenvalue weighted by molar-refractivity contribution is 7.81. The SMILES string of the molecule is O=c1ccn([C@@H]2O[C@H](CO)[C@@H](O)C2S)c(=O)[nH]1. The first-order valence-corrected chi connectivity index (χ1v) is 5.50. The Labute approximate surface area is 101 Å². The molecule has 0 radical (unpaired) electrons. The summed E-state index contributed by atoms with van der Waals surface area (Å²) < 4.78 is 6.43. The van der Waals surface area contributed by atoms with Crippen LogP contribution in [0.3, 0.4) is 0 Å². The van der Waals surface area contributed by atoms with Gasteiger partial charge in [0.1, 0.15) is 6.10 Å². The van der Waals surface area contributed by atoms with Gasteiger partial charge < -0.3 is 14.9 Å². The van der Waals surface area contributed by atoms with Crippen LogP contribution in [0.5, 0.6) is 0 Å². The van der Waals surface area contributed by atoms with Crippen molar-refractivity contribution in [2.75, 3.05) is 6.61 Å². The number of aromatic amines is 1. The number of aromatic nitrogens is 2. The minimum Gasteiger partial charge on any atom is -0.394 e. The van der Waals surface area contributed by atoms with Crippen molar-refractivity contribution < 1.29 is 14.9 Å². The largest absolute Gasteiger partial charge is 0.394 e. The molecule has 1 unspecified atom stereocenters. The van der Waals surface area contributed by atoms with Crippen LogP contribution in [0, 0.1) is 0 Å². The molecule has 0 aromatic carbocycles. The predicted octanol–water partition coefficient (Wildman–Crippen LogP) is -1.91. The van der Waals surface area contributed by atoms with Crippen molar-refractivity contribution in [3.8, 4) is 0 Å². The molecule has 17 heavy (non-hydrogen) atoms. The van der Waals surface area contributed by atoms with Crippen LogP contribution in [-0.2, 0) is 4.74 Å². The van der Waals surface area contributed by atoms with Crippen LogP contribution in [0.2, 0.25) is 0 Å². The second-order valence-electron chi connectivity index (χ2n) is 3.75.